The molecule has 3 aromatic rings. The van der Waals surface area contributed by atoms with Gasteiger partial charge in [-0.15, -0.1) is 23.5 Å². The number of benzene rings is 1. The van der Waals surface area contributed by atoms with Crippen molar-refractivity contribution < 1.29 is 0 Å². The lowest BCUT2D eigenvalue weighted by Gasteiger charge is -2.07. The van der Waals surface area contributed by atoms with E-state index in [1.54, 1.807) is 0 Å². The molecule has 0 radical (unpaired) electrons. The number of thioether (sulfide) groups is 6. The Morgan fingerprint density at radius 2 is 1.15 bits per heavy atom. The van der Waals surface area contributed by atoms with E-state index in [0.717, 1.165) is 11.0 Å². The monoisotopic (exact) mass is 448 g/mol. The zero-order valence-electron chi connectivity index (χ0n) is 13.8. The third-order valence-electron chi connectivity index (χ3n) is 4.00. The summed E-state index contributed by atoms with van der Waals surface area (Å²) in [5, 5.41) is 2.41. The molecule has 2 aliphatic rings. The maximum Gasteiger partial charge on any atom is 0.0976 e. The first-order chi connectivity index (χ1) is 12.8. The van der Waals surface area contributed by atoms with Crippen LogP contribution in [0.25, 0.3) is 21.8 Å². The van der Waals surface area contributed by atoms with Crippen molar-refractivity contribution in [1.29, 1.82) is 0 Å². The van der Waals surface area contributed by atoms with Gasteiger partial charge in [0.25, 0.3) is 0 Å². The number of nitrogens with zero attached hydrogens (tertiary/aromatic N) is 2. The van der Waals surface area contributed by atoms with Gasteiger partial charge in [-0.05, 0) is 24.6 Å². The van der Waals surface area contributed by atoms with Crippen molar-refractivity contribution in [2.24, 2.45) is 0 Å². The lowest BCUT2D eigenvalue weighted by Crippen LogP contribution is -1.88. The van der Waals surface area contributed by atoms with Crippen LogP contribution < -0.4 is 0 Å². The molecule has 130 valence electrons. The highest BCUT2D eigenvalue weighted by atomic mass is 32.3. The summed E-state index contributed by atoms with van der Waals surface area (Å²) in [5.74, 6) is 0. The van der Waals surface area contributed by atoms with Crippen LogP contribution in [0, 0.1) is 0 Å². The molecule has 0 bridgehead atoms. The van der Waals surface area contributed by atoms with Gasteiger partial charge in [0.1, 0.15) is 0 Å². The molecule has 0 N–H and O–H groups in total. The summed E-state index contributed by atoms with van der Waals surface area (Å²) in [6.07, 6.45) is 8.04. The highest BCUT2D eigenvalue weighted by Crippen LogP contribution is 2.65. The van der Waals surface area contributed by atoms with E-state index in [0.29, 0.717) is 0 Å². The summed E-state index contributed by atoms with van der Waals surface area (Å²) in [6.45, 7) is 0. The van der Waals surface area contributed by atoms with Crippen molar-refractivity contribution in [2.45, 2.75) is 9.79 Å². The van der Waals surface area contributed by atoms with Gasteiger partial charge in [0.15, 0.2) is 0 Å². The third kappa shape index (κ3) is 2.81. The molecule has 0 unspecified atom stereocenters. The fourth-order valence-electron chi connectivity index (χ4n) is 2.90. The van der Waals surface area contributed by atoms with Gasteiger partial charge in [-0.2, -0.15) is 0 Å². The standard InChI is InChI=1S/C18H12N2S6/c1-21-15-16(22-2)26-18(25-15)17-23-13-9-5-3-7-19-11(9)12-10(14(13)24-17)6-4-8-20-12/h3-8H,1-2H3. The molecule has 0 aliphatic carbocycles. The molecule has 0 amide bonds. The van der Waals surface area contributed by atoms with Crippen LogP contribution >= 0.6 is 70.6 Å². The lowest BCUT2D eigenvalue weighted by atomic mass is 10.1. The van der Waals surface area contributed by atoms with E-state index in [2.05, 4.69) is 34.6 Å². The number of aromatic nitrogens is 2. The second-order valence-corrected chi connectivity index (χ2v) is 12.2. The summed E-state index contributed by atoms with van der Waals surface area (Å²) >= 11 is 11.3. The average molecular weight is 449 g/mol. The Labute approximate surface area is 177 Å². The zero-order chi connectivity index (χ0) is 17.7. The topological polar surface area (TPSA) is 25.8 Å². The summed E-state index contributed by atoms with van der Waals surface area (Å²) < 4.78 is 5.62. The van der Waals surface area contributed by atoms with Gasteiger partial charge in [-0.25, -0.2) is 0 Å². The van der Waals surface area contributed by atoms with Gasteiger partial charge < -0.3 is 0 Å². The minimum Gasteiger partial charge on any atom is -0.254 e. The van der Waals surface area contributed by atoms with Crippen LogP contribution in [-0.2, 0) is 0 Å². The minimum absolute atomic E-state index is 1.00. The molecule has 1 aromatic carbocycles. The number of rotatable bonds is 2. The van der Waals surface area contributed by atoms with E-state index in [4.69, 9.17) is 0 Å². The molecule has 0 saturated heterocycles. The molecule has 26 heavy (non-hydrogen) atoms. The molecule has 2 nitrogen and oxygen atoms in total. The number of fused-ring (bicyclic) bond motifs is 6. The van der Waals surface area contributed by atoms with Gasteiger partial charge in [0.05, 0.1) is 28.0 Å². The van der Waals surface area contributed by atoms with Crippen molar-refractivity contribution in [1.82, 2.24) is 9.97 Å². The molecule has 8 heteroatoms. The van der Waals surface area contributed by atoms with Crippen LogP contribution in [0.15, 0.2) is 63.4 Å². The first kappa shape index (κ1) is 17.7. The Hall–Kier alpha value is -0.380. The quantitative estimate of drug-likeness (QED) is 0.373. The number of hydrogen-bond acceptors (Lipinski definition) is 8. The van der Waals surface area contributed by atoms with Gasteiger partial charge >= 0.3 is 0 Å². The lowest BCUT2D eigenvalue weighted by molar-refractivity contribution is 1.30. The maximum absolute atomic E-state index is 4.63. The molecular formula is C18H12N2S6. The van der Waals surface area contributed by atoms with Crippen molar-refractivity contribution in [3.63, 3.8) is 0 Å². The normalized spacial score (nSPS) is 17.0. The fourth-order valence-corrected chi connectivity index (χ4v) is 11.0. The van der Waals surface area contributed by atoms with Gasteiger partial charge in [0.2, 0.25) is 0 Å². The predicted octanol–water partition coefficient (Wildman–Crippen LogP) is 7.44. The van der Waals surface area contributed by atoms with E-state index in [-0.39, 0.29) is 0 Å². The zero-order valence-corrected chi connectivity index (χ0v) is 18.7. The molecule has 2 aromatic heterocycles. The predicted molar refractivity (Wildman–Crippen MR) is 125 cm³/mol. The van der Waals surface area contributed by atoms with Crippen LogP contribution in [0.4, 0.5) is 0 Å². The first-order valence-corrected chi connectivity index (χ1v) is 13.4. The van der Waals surface area contributed by atoms with Crippen LogP contribution in [-0.4, -0.2) is 22.5 Å². The van der Waals surface area contributed by atoms with Gasteiger partial charge in [0, 0.05) is 33.0 Å². The minimum atomic E-state index is 1.00. The second-order valence-electron chi connectivity index (χ2n) is 5.42. The van der Waals surface area contributed by atoms with Gasteiger partial charge in [-0.3, -0.25) is 9.97 Å². The Morgan fingerprint density at radius 1 is 0.692 bits per heavy atom. The Kier molecular flexibility index (Phi) is 4.91. The summed E-state index contributed by atoms with van der Waals surface area (Å²) in [5.41, 5.74) is 2.00. The molecule has 4 heterocycles. The largest absolute Gasteiger partial charge is 0.254 e. The smallest absolute Gasteiger partial charge is 0.0976 e. The summed E-state index contributed by atoms with van der Waals surface area (Å²) in [4.78, 5) is 11.9. The molecule has 0 atom stereocenters. The first-order valence-electron chi connectivity index (χ1n) is 7.73. The molecule has 0 spiro atoms. The molecule has 0 saturated carbocycles. The number of hydrogen-bond donors (Lipinski definition) is 0. The van der Waals surface area contributed by atoms with E-state index < -0.39 is 0 Å². The molecule has 0 fully saturated rings. The van der Waals surface area contributed by atoms with E-state index >= 15 is 0 Å². The van der Waals surface area contributed by atoms with Crippen LogP contribution in [0.2, 0.25) is 0 Å². The average Bonchev–Trinajstić information content (AvgIpc) is 3.32. The molecule has 2 aliphatic heterocycles. The second kappa shape index (κ2) is 7.22. The van der Waals surface area contributed by atoms with E-state index in [9.17, 15) is 0 Å². The number of pyridine rings is 2. The Balaban J connectivity index is 1.68. The fraction of sp³-hybridized carbons (Fsp3) is 0.111. The third-order valence-corrected chi connectivity index (χ3v) is 12.4. The van der Waals surface area contributed by atoms with Crippen LogP contribution in [0.3, 0.4) is 0 Å². The Bertz CT molecular complexity index is 1040. The van der Waals surface area contributed by atoms with Crippen molar-refractivity contribution in [3.05, 3.63) is 53.6 Å². The van der Waals surface area contributed by atoms with Crippen molar-refractivity contribution in [2.75, 3.05) is 12.5 Å². The van der Waals surface area contributed by atoms with Crippen LogP contribution in [0.5, 0.6) is 0 Å². The van der Waals surface area contributed by atoms with Gasteiger partial charge in [-0.1, -0.05) is 59.2 Å². The SMILES string of the molecule is CSC1=C(SC)SC(=C2Sc3c(c4cccnc4c4ncccc34)S2)S1. The van der Waals surface area contributed by atoms with E-state index in [1.165, 1.54) is 37.5 Å². The maximum atomic E-state index is 4.63. The van der Waals surface area contributed by atoms with Crippen molar-refractivity contribution in [3.8, 4) is 0 Å². The van der Waals surface area contributed by atoms with Crippen molar-refractivity contribution >= 4 is 92.4 Å². The summed E-state index contributed by atoms with van der Waals surface area (Å²) in [7, 11) is 0. The Morgan fingerprint density at radius 3 is 1.62 bits per heavy atom. The molecular weight excluding hydrogens is 437 g/mol. The van der Waals surface area contributed by atoms with E-state index in [1.807, 2.05) is 95.1 Å². The highest BCUT2D eigenvalue weighted by molar-refractivity contribution is 8.41. The summed E-state index contributed by atoms with van der Waals surface area (Å²) in [6, 6.07) is 8.38. The highest BCUT2D eigenvalue weighted by Gasteiger charge is 2.30. The molecule has 5 rings (SSSR count). The van der Waals surface area contributed by atoms with Crippen LogP contribution in [0.1, 0.15) is 0 Å².